The zero-order valence-corrected chi connectivity index (χ0v) is 13.8. The molecule has 0 spiro atoms. The summed E-state index contributed by atoms with van der Waals surface area (Å²) in [5, 5.41) is 14.7. The number of halogens is 2. The Kier molecular flexibility index (Phi) is 5.05. The Morgan fingerprint density at radius 3 is 2.32 bits per heavy atom. The summed E-state index contributed by atoms with van der Waals surface area (Å²) in [6.07, 6.45) is 0. The molecule has 3 N–H and O–H groups in total. The van der Waals surface area contributed by atoms with Crippen LogP contribution in [-0.2, 0) is 9.59 Å². The van der Waals surface area contributed by atoms with Crippen LogP contribution in [0.25, 0.3) is 0 Å². The summed E-state index contributed by atoms with van der Waals surface area (Å²) in [4.78, 5) is 23.8. The van der Waals surface area contributed by atoms with Crippen LogP contribution < -0.4 is 10.6 Å². The Hall–Kier alpha value is -2.05. The number of rotatable bonds is 2. The highest BCUT2D eigenvalue weighted by molar-refractivity contribution is 9.10. The number of anilines is 2. The van der Waals surface area contributed by atoms with Crippen LogP contribution in [0.4, 0.5) is 11.4 Å². The minimum atomic E-state index is -0.912. The summed E-state index contributed by atoms with van der Waals surface area (Å²) in [6, 6.07) is 9.45. The van der Waals surface area contributed by atoms with Gasteiger partial charge in [0.1, 0.15) is 5.75 Å². The third kappa shape index (κ3) is 3.99. The molecule has 114 valence electrons. The maximum atomic E-state index is 11.9. The van der Waals surface area contributed by atoms with E-state index in [2.05, 4.69) is 26.6 Å². The van der Waals surface area contributed by atoms with Crippen LogP contribution >= 0.6 is 27.5 Å². The van der Waals surface area contributed by atoms with E-state index < -0.39 is 11.8 Å². The molecule has 2 rings (SSSR count). The maximum absolute atomic E-state index is 11.9. The lowest BCUT2D eigenvalue weighted by molar-refractivity contribution is -0.133. The average Bonchev–Trinajstić information content (AvgIpc) is 2.45. The normalized spacial score (nSPS) is 10.1. The van der Waals surface area contributed by atoms with Crippen molar-refractivity contribution in [3.63, 3.8) is 0 Å². The van der Waals surface area contributed by atoms with Gasteiger partial charge in [-0.1, -0.05) is 17.7 Å². The molecule has 0 aliphatic heterocycles. The Morgan fingerprint density at radius 1 is 1.05 bits per heavy atom. The van der Waals surface area contributed by atoms with Gasteiger partial charge in [-0.05, 0) is 58.7 Å². The first kappa shape index (κ1) is 16.3. The summed E-state index contributed by atoms with van der Waals surface area (Å²) in [6.45, 7) is 1.91. The number of amides is 2. The van der Waals surface area contributed by atoms with Crippen molar-refractivity contribution in [1.29, 1.82) is 0 Å². The Morgan fingerprint density at radius 2 is 1.68 bits per heavy atom. The van der Waals surface area contributed by atoms with Gasteiger partial charge in [0, 0.05) is 9.50 Å². The van der Waals surface area contributed by atoms with E-state index in [4.69, 9.17) is 11.6 Å². The molecule has 0 radical (unpaired) electrons. The molecule has 22 heavy (non-hydrogen) atoms. The molecule has 0 fully saturated rings. The van der Waals surface area contributed by atoms with Gasteiger partial charge in [-0.3, -0.25) is 9.59 Å². The van der Waals surface area contributed by atoms with Crippen LogP contribution in [0.5, 0.6) is 5.75 Å². The first-order valence-corrected chi connectivity index (χ1v) is 7.41. The predicted molar refractivity (Wildman–Crippen MR) is 89.3 cm³/mol. The molecule has 0 aliphatic rings. The molecule has 7 heteroatoms. The lowest BCUT2D eigenvalue weighted by atomic mass is 10.2. The molecular formula is C15H12BrClN2O3. The standard InChI is InChI=1S/C15H12BrClN2O3/c1-8-2-4-11(10(16)6-8)18-14(21)15(22)19-12-7-9(17)3-5-13(12)20/h2-7,20H,1H3,(H,18,21)(H,19,22). The third-order valence-corrected chi connectivity index (χ3v) is 3.68. The zero-order chi connectivity index (χ0) is 16.3. The molecule has 2 amide bonds. The summed E-state index contributed by atoms with van der Waals surface area (Å²) >= 11 is 9.08. The number of phenols is 1. The molecule has 0 heterocycles. The molecule has 2 aromatic carbocycles. The Labute approximate surface area is 140 Å². The second-order valence-corrected chi connectivity index (χ2v) is 5.84. The van der Waals surface area contributed by atoms with Gasteiger partial charge < -0.3 is 15.7 Å². The molecule has 0 bridgehead atoms. The van der Waals surface area contributed by atoms with Crippen molar-refractivity contribution in [2.75, 3.05) is 10.6 Å². The van der Waals surface area contributed by atoms with Crippen LogP contribution in [0, 0.1) is 6.92 Å². The van der Waals surface area contributed by atoms with Gasteiger partial charge in [-0.15, -0.1) is 0 Å². The Bertz CT molecular complexity index is 750. The van der Waals surface area contributed by atoms with Gasteiger partial charge in [0.25, 0.3) is 0 Å². The first-order valence-electron chi connectivity index (χ1n) is 6.24. The van der Waals surface area contributed by atoms with Crippen LogP contribution in [0.2, 0.25) is 5.02 Å². The molecule has 0 atom stereocenters. The highest BCUT2D eigenvalue weighted by atomic mass is 79.9. The minimum Gasteiger partial charge on any atom is -0.506 e. The summed E-state index contributed by atoms with van der Waals surface area (Å²) in [5.41, 5.74) is 1.55. The number of hydrogen-bond acceptors (Lipinski definition) is 3. The smallest absolute Gasteiger partial charge is 0.314 e. The number of aryl methyl sites for hydroxylation is 1. The second-order valence-electron chi connectivity index (χ2n) is 4.55. The quantitative estimate of drug-likeness (QED) is 0.546. The van der Waals surface area contributed by atoms with Crippen molar-refractivity contribution in [2.45, 2.75) is 6.92 Å². The number of nitrogens with one attached hydrogen (secondary N) is 2. The van der Waals surface area contributed by atoms with Crippen molar-refractivity contribution in [3.8, 4) is 5.75 Å². The van der Waals surface area contributed by atoms with Crippen molar-refractivity contribution in [3.05, 3.63) is 51.5 Å². The lowest BCUT2D eigenvalue weighted by Gasteiger charge is -2.09. The number of carbonyl (C=O) groups excluding carboxylic acids is 2. The fraction of sp³-hybridized carbons (Fsp3) is 0.0667. The summed E-state index contributed by atoms with van der Waals surface area (Å²) in [7, 11) is 0. The van der Waals surface area contributed by atoms with Gasteiger partial charge in [0.15, 0.2) is 0 Å². The topological polar surface area (TPSA) is 78.4 Å². The lowest BCUT2D eigenvalue weighted by Crippen LogP contribution is -2.29. The Balaban J connectivity index is 2.09. The van der Waals surface area contributed by atoms with E-state index in [1.807, 2.05) is 13.0 Å². The van der Waals surface area contributed by atoms with E-state index >= 15 is 0 Å². The molecule has 0 aromatic heterocycles. The monoisotopic (exact) mass is 382 g/mol. The third-order valence-electron chi connectivity index (χ3n) is 2.79. The van der Waals surface area contributed by atoms with Gasteiger partial charge in [0.05, 0.1) is 11.4 Å². The van der Waals surface area contributed by atoms with Gasteiger partial charge in [-0.25, -0.2) is 0 Å². The SMILES string of the molecule is Cc1ccc(NC(=O)C(=O)Nc2cc(Cl)ccc2O)c(Br)c1. The molecule has 0 aliphatic carbocycles. The van der Waals surface area contributed by atoms with Gasteiger partial charge in [-0.2, -0.15) is 0 Å². The van der Waals surface area contributed by atoms with E-state index in [1.54, 1.807) is 12.1 Å². The number of hydrogen-bond donors (Lipinski definition) is 3. The predicted octanol–water partition coefficient (Wildman–Crippen LogP) is 3.69. The van der Waals surface area contributed by atoms with E-state index in [-0.39, 0.29) is 11.4 Å². The molecular weight excluding hydrogens is 372 g/mol. The molecule has 5 nitrogen and oxygen atoms in total. The molecule has 0 unspecified atom stereocenters. The van der Waals surface area contributed by atoms with Gasteiger partial charge >= 0.3 is 11.8 Å². The summed E-state index contributed by atoms with van der Waals surface area (Å²) in [5.74, 6) is -1.95. The van der Waals surface area contributed by atoms with Crippen LogP contribution in [0.1, 0.15) is 5.56 Å². The maximum Gasteiger partial charge on any atom is 0.314 e. The zero-order valence-electron chi connectivity index (χ0n) is 11.5. The highest BCUT2D eigenvalue weighted by Gasteiger charge is 2.17. The van der Waals surface area contributed by atoms with Crippen molar-refractivity contribution in [2.24, 2.45) is 0 Å². The number of phenolic OH excluding ortho intramolecular Hbond substituents is 1. The summed E-state index contributed by atoms with van der Waals surface area (Å²) < 4.78 is 0.666. The van der Waals surface area contributed by atoms with E-state index in [1.165, 1.54) is 18.2 Å². The number of aromatic hydroxyl groups is 1. The minimum absolute atomic E-state index is 0.0654. The van der Waals surface area contributed by atoms with Crippen LogP contribution in [0.15, 0.2) is 40.9 Å². The van der Waals surface area contributed by atoms with E-state index in [9.17, 15) is 14.7 Å². The van der Waals surface area contributed by atoms with Crippen molar-refractivity contribution < 1.29 is 14.7 Å². The van der Waals surface area contributed by atoms with Crippen LogP contribution in [-0.4, -0.2) is 16.9 Å². The van der Waals surface area contributed by atoms with E-state index in [0.717, 1.165) is 5.56 Å². The van der Waals surface area contributed by atoms with Crippen LogP contribution in [0.3, 0.4) is 0 Å². The molecule has 2 aromatic rings. The fourth-order valence-electron chi connectivity index (χ4n) is 1.69. The van der Waals surface area contributed by atoms with Gasteiger partial charge in [0.2, 0.25) is 0 Å². The molecule has 0 saturated carbocycles. The molecule has 0 saturated heterocycles. The number of carbonyl (C=O) groups is 2. The number of benzene rings is 2. The van der Waals surface area contributed by atoms with Crippen molar-refractivity contribution >= 4 is 50.7 Å². The largest absolute Gasteiger partial charge is 0.506 e. The van der Waals surface area contributed by atoms with E-state index in [0.29, 0.717) is 15.2 Å². The van der Waals surface area contributed by atoms with Crippen molar-refractivity contribution in [1.82, 2.24) is 0 Å². The average molecular weight is 384 g/mol. The second kappa shape index (κ2) is 6.81. The first-order chi connectivity index (χ1) is 10.4. The highest BCUT2D eigenvalue weighted by Crippen LogP contribution is 2.27. The fourth-order valence-corrected chi connectivity index (χ4v) is 2.45.